The number of hydrogen-bond acceptors (Lipinski definition) is 22. The Morgan fingerprint density at radius 1 is 0.683 bits per heavy atom. The number of aromatic hydroxyl groups is 1. The summed E-state index contributed by atoms with van der Waals surface area (Å²) in [6.07, 6.45) is -22.4. The highest BCUT2D eigenvalue weighted by Crippen LogP contribution is 2.46. The summed E-state index contributed by atoms with van der Waals surface area (Å²) in [7, 11) is 2.70. The first-order chi connectivity index (χ1) is 28.5. The number of ether oxygens (including phenoxy) is 9. The molecule has 0 bridgehead atoms. The second kappa shape index (κ2) is 19.1. The molecule has 0 saturated carbocycles. The largest absolute Gasteiger partial charge is 0.504 e. The van der Waals surface area contributed by atoms with Crippen molar-refractivity contribution in [1.82, 2.24) is 0 Å². The van der Waals surface area contributed by atoms with Crippen LogP contribution in [0.3, 0.4) is 0 Å². The minimum absolute atomic E-state index is 0.0565. The zero-order valence-electron chi connectivity index (χ0n) is 32.6. The van der Waals surface area contributed by atoms with Gasteiger partial charge in [0.05, 0.1) is 59.0 Å². The van der Waals surface area contributed by atoms with Crippen molar-refractivity contribution in [2.45, 2.75) is 104 Å². The quantitative estimate of drug-likeness (QED) is 0.0751. The number of benzene rings is 2. The van der Waals surface area contributed by atoms with Gasteiger partial charge < -0.3 is 109 Å². The average molecular weight is 863 g/mol. The first kappa shape index (κ1) is 46.4. The van der Waals surface area contributed by atoms with E-state index < -0.39 is 130 Å². The lowest BCUT2D eigenvalue weighted by molar-refractivity contribution is -0.383. The minimum atomic E-state index is -2.43. The van der Waals surface area contributed by atoms with Gasteiger partial charge >= 0.3 is 0 Å². The van der Waals surface area contributed by atoms with E-state index in [1.807, 2.05) is 0 Å². The highest BCUT2D eigenvalue weighted by Gasteiger charge is 2.59. The van der Waals surface area contributed by atoms with Crippen LogP contribution in [0.25, 0.3) is 0 Å². The first-order valence-corrected chi connectivity index (χ1v) is 19.1. The summed E-state index contributed by atoms with van der Waals surface area (Å²) in [5.41, 5.74) is -0.686. The van der Waals surface area contributed by atoms with Crippen LogP contribution in [0, 0.1) is 5.92 Å². The van der Waals surface area contributed by atoms with E-state index in [9.17, 15) is 66.4 Å². The number of phenolic OH excluding ortho intramolecular Hbond substituents is 1. The fourth-order valence-electron chi connectivity index (χ4n) is 7.86. The van der Waals surface area contributed by atoms with Crippen molar-refractivity contribution in [3.05, 3.63) is 47.5 Å². The molecule has 4 fully saturated rings. The number of aliphatic hydroxyl groups is 12. The van der Waals surface area contributed by atoms with Crippen molar-refractivity contribution in [2.75, 3.05) is 53.9 Å². The highest BCUT2D eigenvalue weighted by molar-refractivity contribution is 5.45. The summed E-state index contributed by atoms with van der Waals surface area (Å²) in [5.74, 6) is -3.16. The summed E-state index contributed by atoms with van der Waals surface area (Å²) in [6.45, 7) is -3.51. The third-order valence-electron chi connectivity index (χ3n) is 11.4. The zero-order chi connectivity index (χ0) is 43.7. The summed E-state index contributed by atoms with van der Waals surface area (Å²) < 4.78 is 50.9. The first-order valence-electron chi connectivity index (χ1n) is 19.1. The number of hydrogen-bond donors (Lipinski definition) is 13. The average Bonchev–Trinajstić information content (AvgIpc) is 3.69. The van der Waals surface area contributed by atoms with Gasteiger partial charge in [-0.15, -0.1) is 0 Å². The van der Waals surface area contributed by atoms with E-state index in [4.69, 9.17) is 42.6 Å². The van der Waals surface area contributed by atoms with Crippen LogP contribution in [0.1, 0.15) is 17.2 Å². The highest BCUT2D eigenvalue weighted by atomic mass is 16.8. The molecule has 13 N–H and O–H groups in total. The van der Waals surface area contributed by atoms with Crippen LogP contribution in [0.2, 0.25) is 0 Å². The van der Waals surface area contributed by atoms with Gasteiger partial charge in [0.2, 0.25) is 12.1 Å². The molecule has 22 nitrogen and oxygen atoms in total. The maximum absolute atomic E-state index is 12.3. The molecule has 17 atom stereocenters. The molecule has 4 aliphatic rings. The van der Waals surface area contributed by atoms with Gasteiger partial charge in [-0.25, -0.2) is 0 Å². The summed E-state index contributed by atoms with van der Waals surface area (Å²) >= 11 is 0. The normalized spacial score (nSPS) is 40.7. The Morgan fingerprint density at radius 3 is 1.93 bits per heavy atom. The predicted molar refractivity (Wildman–Crippen MR) is 195 cm³/mol. The van der Waals surface area contributed by atoms with Crippen molar-refractivity contribution < 1.29 is 109 Å². The lowest BCUT2D eigenvalue weighted by atomic mass is 9.80. The van der Waals surface area contributed by atoms with E-state index >= 15 is 0 Å². The smallest absolute Gasteiger partial charge is 0.229 e. The van der Waals surface area contributed by atoms with Gasteiger partial charge in [0, 0.05) is 12.3 Å². The Bertz CT molecular complexity index is 1720. The van der Waals surface area contributed by atoms with Crippen LogP contribution >= 0.6 is 0 Å². The van der Waals surface area contributed by atoms with E-state index in [-0.39, 0.29) is 42.6 Å². The van der Waals surface area contributed by atoms with E-state index in [1.165, 1.54) is 32.4 Å². The van der Waals surface area contributed by atoms with Crippen molar-refractivity contribution >= 4 is 0 Å². The SMILES string of the molecule is COc1cc([C@H]2OC[C@](O)(Cc3ccc(O[C@H]4O[C@@H](CO)[C@H](O)[C@@H](O)[C@@H]4O)c(OC)c3)[C@@H]2COC[C@H]2O[C@@](CO)(O[C@@H]3O[C@H](CO)[C@@H](O)[C@H](O)[C@H]3O)[C@H](O)[C@@H]2O)ccc1O. The number of methoxy groups -OCH3 is 2. The zero-order valence-corrected chi connectivity index (χ0v) is 32.6. The van der Waals surface area contributed by atoms with Gasteiger partial charge in [-0.05, 0) is 35.4 Å². The molecule has 4 saturated heterocycles. The van der Waals surface area contributed by atoms with E-state index in [2.05, 4.69) is 0 Å². The Hall–Kier alpha value is -3.08. The fourth-order valence-corrected chi connectivity index (χ4v) is 7.86. The maximum Gasteiger partial charge on any atom is 0.229 e. The van der Waals surface area contributed by atoms with Crippen molar-refractivity contribution in [2.24, 2.45) is 5.92 Å². The Kier molecular flexibility index (Phi) is 14.8. The third kappa shape index (κ3) is 9.04. The van der Waals surface area contributed by atoms with Gasteiger partial charge in [0.25, 0.3) is 0 Å². The molecule has 338 valence electrons. The monoisotopic (exact) mass is 862 g/mol. The van der Waals surface area contributed by atoms with E-state index in [1.54, 1.807) is 18.2 Å². The third-order valence-corrected chi connectivity index (χ3v) is 11.4. The molecule has 2 aromatic rings. The molecule has 60 heavy (non-hydrogen) atoms. The fraction of sp³-hybridized carbons (Fsp3) is 0.684. The number of phenols is 1. The Labute approximate surface area is 342 Å². The van der Waals surface area contributed by atoms with Gasteiger partial charge in [0.1, 0.15) is 73.8 Å². The van der Waals surface area contributed by atoms with Gasteiger partial charge in [-0.1, -0.05) is 12.1 Å². The molecule has 4 heterocycles. The van der Waals surface area contributed by atoms with Crippen molar-refractivity contribution in [3.8, 4) is 23.0 Å². The molecule has 0 aliphatic carbocycles. The maximum atomic E-state index is 12.3. The van der Waals surface area contributed by atoms with Crippen LogP contribution < -0.4 is 14.2 Å². The van der Waals surface area contributed by atoms with Crippen LogP contribution in [-0.2, 0) is 34.8 Å². The molecule has 0 unspecified atom stereocenters. The van der Waals surface area contributed by atoms with Gasteiger partial charge in [-0.3, -0.25) is 0 Å². The second-order valence-corrected chi connectivity index (χ2v) is 15.3. The molecule has 0 radical (unpaired) electrons. The summed E-state index contributed by atoms with van der Waals surface area (Å²) in [5, 5.41) is 136. The Morgan fingerprint density at radius 2 is 1.32 bits per heavy atom. The second-order valence-electron chi connectivity index (χ2n) is 15.3. The Balaban J connectivity index is 1.19. The van der Waals surface area contributed by atoms with Crippen LogP contribution in [0.15, 0.2) is 36.4 Å². The van der Waals surface area contributed by atoms with Gasteiger partial charge in [-0.2, -0.15) is 0 Å². The predicted octanol–water partition coefficient (Wildman–Crippen LogP) is -5.11. The molecule has 2 aromatic carbocycles. The molecule has 22 heteroatoms. The number of rotatable bonds is 16. The van der Waals surface area contributed by atoms with Crippen molar-refractivity contribution in [1.29, 1.82) is 0 Å². The molecule has 0 amide bonds. The van der Waals surface area contributed by atoms with Gasteiger partial charge in [0.15, 0.2) is 29.3 Å². The van der Waals surface area contributed by atoms with E-state index in [0.717, 1.165) is 0 Å². The molecule has 6 rings (SSSR count). The van der Waals surface area contributed by atoms with Crippen LogP contribution in [-0.4, -0.2) is 211 Å². The topological polar surface area (TPSA) is 346 Å². The summed E-state index contributed by atoms with van der Waals surface area (Å²) in [6, 6.07) is 9.08. The molecule has 0 spiro atoms. The van der Waals surface area contributed by atoms with Crippen molar-refractivity contribution in [3.63, 3.8) is 0 Å². The lowest BCUT2D eigenvalue weighted by Crippen LogP contribution is -2.62. The molecular formula is C38H54O22. The molecule has 0 aromatic heterocycles. The van der Waals surface area contributed by atoms with Crippen LogP contribution in [0.4, 0.5) is 0 Å². The van der Waals surface area contributed by atoms with E-state index in [0.29, 0.717) is 11.1 Å². The minimum Gasteiger partial charge on any atom is -0.504 e. The van der Waals surface area contributed by atoms with Crippen LogP contribution in [0.5, 0.6) is 23.0 Å². The number of aliphatic hydroxyl groups excluding tert-OH is 11. The molecular weight excluding hydrogens is 808 g/mol. The standard InChI is InChI=1S/C38H54O22/c1-52-21-8-17(4-5-19(21)42)33-18(12-54-13-25-28(45)34(50)38(14-41,59-25)60-36-32(49)30(47)27(44)24(11-40)58-36)37(51,15-55-33)9-16-3-6-20(22(7-16)53-2)56-35-31(48)29(46)26(43)23(10-39)57-35/h3-8,18,23-36,39-51H,9-15H2,1-2H3/t18-,23+,24-,25-,26+,27-,28-,29-,30+,31+,32-,33-,34-,35+,36+,37-,38+/m1/s1. The lowest BCUT2D eigenvalue weighted by Gasteiger charge is -2.43. The summed E-state index contributed by atoms with van der Waals surface area (Å²) in [4.78, 5) is 0. The molecule has 4 aliphatic heterocycles.